The molecule has 0 aliphatic rings. The quantitative estimate of drug-likeness (QED) is 0.724. The second-order valence-corrected chi connectivity index (χ2v) is 6.39. The van der Waals surface area contributed by atoms with Crippen LogP contribution < -0.4 is 10.6 Å². The first kappa shape index (κ1) is 15.1. The van der Waals surface area contributed by atoms with Crippen molar-refractivity contribution in [1.82, 2.24) is 8.52 Å². The van der Waals surface area contributed by atoms with E-state index in [1.54, 1.807) is 48.5 Å². The first-order chi connectivity index (χ1) is 10.5. The Morgan fingerprint density at radius 2 is 1.41 bits per heavy atom. The second-order valence-electron chi connectivity index (χ2n) is 4.62. The van der Waals surface area contributed by atoms with Gasteiger partial charge in [0.05, 0.1) is 12.2 Å². The van der Waals surface area contributed by atoms with Gasteiger partial charge in [0.1, 0.15) is 0 Å². The Hall–Kier alpha value is -1.82. The number of rotatable bonds is 3. The summed E-state index contributed by atoms with van der Waals surface area (Å²) in [5.74, 6) is 0. The van der Waals surface area contributed by atoms with Crippen molar-refractivity contribution in [2.24, 2.45) is 0 Å². The minimum atomic E-state index is -0.368. The smallest absolute Gasteiger partial charge is 0.255 e. The zero-order chi connectivity index (χ0) is 15.7. The van der Waals surface area contributed by atoms with Gasteiger partial charge in [-0.3, -0.25) is 4.79 Å². The van der Waals surface area contributed by atoms with Crippen molar-refractivity contribution < 1.29 is 0 Å². The van der Waals surface area contributed by atoms with Gasteiger partial charge in [0, 0.05) is 21.6 Å². The van der Waals surface area contributed by atoms with Crippen LogP contribution in [0.2, 0.25) is 10.0 Å². The molecule has 0 radical (unpaired) electrons. The molecule has 0 amide bonds. The van der Waals surface area contributed by atoms with Gasteiger partial charge in [-0.15, -0.1) is 0 Å². The zero-order valence-corrected chi connectivity index (χ0v) is 13.5. The van der Waals surface area contributed by atoms with Crippen LogP contribution >= 0.6 is 34.7 Å². The van der Waals surface area contributed by atoms with Crippen LogP contribution in [-0.4, -0.2) is 8.52 Å². The van der Waals surface area contributed by atoms with Crippen molar-refractivity contribution in [3.63, 3.8) is 0 Å². The average Bonchev–Trinajstić information content (AvgIpc) is 2.78. The van der Waals surface area contributed by atoms with Crippen LogP contribution in [0.5, 0.6) is 0 Å². The van der Waals surface area contributed by atoms with Crippen molar-refractivity contribution in [2.75, 3.05) is 0 Å². The van der Waals surface area contributed by atoms with E-state index >= 15 is 0 Å². The molecule has 0 atom stereocenters. The van der Waals surface area contributed by atoms with E-state index in [0.29, 0.717) is 15.7 Å². The number of hydrogen-bond acceptors (Lipinski definition) is 3. The molecular formula is C15H10Cl2N2O2S. The van der Waals surface area contributed by atoms with E-state index in [0.717, 1.165) is 17.1 Å². The molecule has 0 unspecified atom stereocenters. The third-order valence-electron chi connectivity index (χ3n) is 3.11. The SMILES string of the molecule is O=c1sn(-c2ccc(Cl)cc2)c(=O)n1Cc1ccc(Cl)cc1. The zero-order valence-electron chi connectivity index (χ0n) is 11.2. The van der Waals surface area contributed by atoms with Crippen LogP contribution in [0.25, 0.3) is 5.69 Å². The van der Waals surface area contributed by atoms with Crippen molar-refractivity contribution in [2.45, 2.75) is 6.54 Å². The third-order valence-corrected chi connectivity index (χ3v) is 4.54. The van der Waals surface area contributed by atoms with E-state index < -0.39 is 0 Å². The predicted octanol–water partition coefficient (Wildman–Crippen LogP) is 3.42. The highest BCUT2D eigenvalue weighted by Crippen LogP contribution is 2.13. The fraction of sp³-hybridized carbons (Fsp3) is 0.0667. The molecule has 1 aromatic heterocycles. The largest absolute Gasteiger partial charge is 0.346 e. The Bertz CT molecular complexity index is 908. The summed E-state index contributed by atoms with van der Waals surface area (Å²) in [6.45, 7) is 0.214. The average molecular weight is 353 g/mol. The summed E-state index contributed by atoms with van der Waals surface area (Å²) in [4.78, 5) is 24.2. The van der Waals surface area contributed by atoms with E-state index in [4.69, 9.17) is 23.2 Å². The maximum Gasteiger partial charge on any atom is 0.346 e. The fourth-order valence-electron chi connectivity index (χ4n) is 2.00. The Morgan fingerprint density at radius 1 is 0.864 bits per heavy atom. The van der Waals surface area contributed by atoms with Crippen molar-refractivity contribution >= 4 is 34.7 Å². The highest BCUT2D eigenvalue weighted by atomic mass is 35.5. The fourth-order valence-corrected chi connectivity index (χ4v) is 3.05. The lowest BCUT2D eigenvalue weighted by molar-refractivity contribution is 0.723. The number of benzene rings is 2. The maximum absolute atomic E-state index is 12.4. The van der Waals surface area contributed by atoms with E-state index in [1.165, 1.54) is 8.52 Å². The Balaban J connectivity index is 2.00. The second kappa shape index (κ2) is 6.12. The lowest BCUT2D eigenvalue weighted by Gasteiger charge is -2.02. The predicted molar refractivity (Wildman–Crippen MR) is 89.7 cm³/mol. The van der Waals surface area contributed by atoms with E-state index in [-0.39, 0.29) is 17.1 Å². The van der Waals surface area contributed by atoms with Gasteiger partial charge in [-0.1, -0.05) is 35.3 Å². The Morgan fingerprint density at radius 3 is 2.00 bits per heavy atom. The molecule has 0 aliphatic carbocycles. The van der Waals surface area contributed by atoms with Crippen LogP contribution in [0.1, 0.15) is 5.56 Å². The van der Waals surface area contributed by atoms with Gasteiger partial charge in [0.2, 0.25) is 0 Å². The van der Waals surface area contributed by atoms with Crippen molar-refractivity contribution in [3.05, 3.63) is 84.3 Å². The molecule has 2 aromatic carbocycles. The highest BCUT2D eigenvalue weighted by molar-refractivity contribution is 7.03. The lowest BCUT2D eigenvalue weighted by atomic mass is 10.2. The molecule has 0 N–H and O–H groups in total. The minimum Gasteiger partial charge on any atom is -0.255 e. The summed E-state index contributed by atoms with van der Waals surface area (Å²) in [5, 5.41) is 1.18. The minimum absolute atomic E-state index is 0.214. The van der Waals surface area contributed by atoms with Gasteiger partial charge < -0.3 is 0 Å². The van der Waals surface area contributed by atoms with Crippen molar-refractivity contribution in [3.8, 4) is 5.69 Å². The molecule has 22 heavy (non-hydrogen) atoms. The van der Waals surface area contributed by atoms with Gasteiger partial charge in [0.25, 0.3) is 0 Å². The molecule has 0 saturated carbocycles. The molecule has 3 aromatic rings. The monoisotopic (exact) mass is 352 g/mol. The topological polar surface area (TPSA) is 44.0 Å². The van der Waals surface area contributed by atoms with E-state index in [2.05, 4.69) is 0 Å². The van der Waals surface area contributed by atoms with Gasteiger partial charge in [-0.2, -0.15) is 0 Å². The summed E-state index contributed by atoms with van der Waals surface area (Å²) < 4.78 is 2.55. The molecule has 4 nitrogen and oxygen atoms in total. The first-order valence-electron chi connectivity index (χ1n) is 6.38. The summed E-state index contributed by atoms with van der Waals surface area (Å²) >= 11 is 12.5. The molecule has 3 rings (SSSR count). The maximum atomic E-state index is 12.4. The summed E-state index contributed by atoms with van der Waals surface area (Å²) in [5.41, 5.74) is 1.09. The van der Waals surface area contributed by atoms with Crippen LogP contribution in [0.3, 0.4) is 0 Å². The van der Waals surface area contributed by atoms with Gasteiger partial charge in [0.15, 0.2) is 0 Å². The van der Waals surface area contributed by atoms with Crippen LogP contribution in [0.15, 0.2) is 58.1 Å². The number of aromatic nitrogens is 2. The molecular weight excluding hydrogens is 343 g/mol. The summed E-state index contributed by atoms with van der Waals surface area (Å²) in [6.07, 6.45) is 0. The number of nitrogens with zero attached hydrogens (tertiary/aromatic N) is 2. The van der Waals surface area contributed by atoms with Crippen LogP contribution in [0, 0.1) is 0 Å². The first-order valence-corrected chi connectivity index (χ1v) is 7.91. The summed E-state index contributed by atoms with van der Waals surface area (Å²) in [7, 11) is 0. The van der Waals surface area contributed by atoms with Crippen LogP contribution in [-0.2, 0) is 6.54 Å². The normalized spacial score (nSPS) is 10.8. The number of halogens is 2. The Labute approximate surface area is 139 Å². The lowest BCUT2D eigenvalue weighted by Crippen LogP contribution is -2.28. The molecule has 0 saturated heterocycles. The molecule has 0 spiro atoms. The molecule has 0 fully saturated rings. The Kier molecular flexibility index (Phi) is 4.20. The van der Waals surface area contributed by atoms with Gasteiger partial charge >= 0.3 is 10.6 Å². The van der Waals surface area contributed by atoms with E-state index in [1.807, 2.05) is 0 Å². The molecule has 7 heteroatoms. The highest BCUT2D eigenvalue weighted by Gasteiger charge is 2.12. The molecule has 0 bridgehead atoms. The molecule has 0 aliphatic heterocycles. The third kappa shape index (κ3) is 3.02. The van der Waals surface area contributed by atoms with Gasteiger partial charge in [-0.05, 0) is 42.0 Å². The van der Waals surface area contributed by atoms with Gasteiger partial charge in [-0.25, -0.2) is 13.3 Å². The standard InChI is InChI=1S/C15H10Cl2N2O2S/c16-11-3-1-10(2-4-11)9-18-14(20)19(22-15(18)21)13-7-5-12(17)6-8-13/h1-8H,9H2. The molecule has 112 valence electrons. The molecule has 1 heterocycles. The van der Waals surface area contributed by atoms with Crippen LogP contribution in [0.4, 0.5) is 0 Å². The van der Waals surface area contributed by atoms with Crippen molar-refractivity contribution in [1.29, 1.82) is 0 Å². The van der Waals surface area contributed by atoms with E-state index in [9.17, 15) is 9.59 Å². The summed E-state index contributed by atoms with van der Waals surface area (Å²) in [6, 6.07) is 13.8. The number of hydrogen-bond donors (Lipinski definition) is 0.